The minimum absolute atomic E-state index is 0.151. The van der Waals surface area contributed by atoms with Crippen LogP contribution in [-0.4, -0.2) is 59.6 Å². The molecule has 0 bridgehead atoms. The Balaban J connectivity index is 2.41. The number of carbonyl (C=O) groups excluding carboxylic acids is 3. The number of carbonyl (C=O) groups is 3. The first-order valence-electron chi connectivity index (χ1n) is 10.5. The molecular formula is C21H34N2O5. The molecule has 2 rings (SSSR count). The summed E-state index contributed by atoms with van der Waals surface area (Å²) in [5.41, 5.74) is 0. The van der Waals surface area contributed by atoms with Gasteiger partial charge in [0, 0.05) is 12.5 Å². The Labute approximate surface area is 167 Å². The molecule has 7 nitrogen and oxygen atoms in total. The molecule has 158 valence electrons. The van der Waals surface area contributed by atoms with E-state index in [1.165, 1.54) is 4.90 Å². The summed E-state index contributed by atoms with van der Waals surface area (Å²) in [7, 11) is 0. The molecule has 1 saturated heterocycles. The number of esters is 1. The number of unbranched alkanes of at least 4 members (excludes halogenated alkanes) is 1. The monoisotopic (exact) mass is 394 g/mol. The van der Waals surface area contributed by atoms with E-state index < -0.39 is 35.8 Å². The van der Waals surface area contributed by atoms with Crippen LogP contribution in [-0.2, 0) is 19.1 Å². The van der Waals surface area contributed by atoms with Crippen molar-refractivity contribution >= 4 is 17.8 Å². The maximum Gasteiger partial charge on any atom is 0.310 e. The topological polar surface area (TPSA) is 95.9 Å². The first-order chi connectivity index (χ1) is 13.4. The lowest BCUT2D eigenvalue weighted by molar-refractivity contribution is -0.155. The molecule has 6 atom stereocenters. The Bertz CT molecular complexity index is 602. The van der Waals surface area contributed by atoms with Crippen LogP contribution in [0.25, 0.3) is 0 Å². The van der Waals surface area contributed by atoms with E-state index in [4.69, 9.17) is 4.74 Å². The quantitative estimate of drug-likeness (QED) is 0.351. The van der Waals surface area contributed by atoms with E-state index in [9.17, 15) is 19.5 Å². The molecule has 2 aliphatic rings. The predicted octanol–water partition coefficient (Wildman–Crippen LogP) is 1.50. The number of aliphatic hydroxyl groups is 1. The van der Waals surface area contributed by atoms with Gasteiger partial charge in [0.2, 0.25) is 11.8 Å². The summed E-state index contributed by atoms with van der Waals surface area (Å²) in [5.74, 6) is -2.66. The number of allylic oxidation sites excluding steroid dienone is 1. The van der Waals surface area contributed by atoms with Crippen LogP contribution in [0, 0.1) is 23.7 Å². The predicted molar refractivity (Wildman–Crippen MR) is 105 cm³/mol. The first kappa shape index (κ1) is 22.4. The summed E-state index contributed by atoms with van der Waals surface area (Å²) in [6.07, 6.45) is 6.15. The summed E-state index contributed by atoms with van der Waals surface area (Å²) in [6, 6.07) is -1.17. The molecule has 28 heavy (non-hydrogen) atoms. The normalized spacial score (nSPS) is 30.1. The molecule has 7 heteroatoms. The molecule has 0 aromatic carbocycles. The molecule has 0 radical (unpaired) electrons. The minimum atomic E-state index is -0.716. The molecule has 0 unspecified atom stereocenters. The number of rotatable bonds is 9. The van der Waals surface area contributed by atoms with Crippen molar-refractivity contribution in [2.75, 3.05) is 19.8 Å². The van der Waals surface area contributed by atoms with Gasteiger partial charge in [0.1, 0.15) is 6.04 Å². The van der Waals surface area contributed by atoms with Gasteiger partial charge >= 0.3 is 5.97 Å². The summed E-state index contributed by atoms with van der Waals surface area (Å²) >= 11 is 0. The van der Waals surface area contributed by atoms with Crippen molar-refractivity contribution in [1.82, 2.24) is 10.2 Å². The zero-order chi connectivity index (χ0) is 20.8. The van der Waals surface area contributed by atoms with Crippen LogP contribution in [0.5, 0.6) is 0 Å². The molecule has 0 saturated carbocycles. The van der Waals surface area contributed by atoms with E-state index in [0.717, 1.165) is 12.8 Å². The maximum atomic E-state index is 13.4. The van der Waals surface area contributed by atoms with Crippen LogP contribution in [0.1, 0.15) is 47.0 Å². The van der Waals surface area contributed by atoms with Gasteiger partial charge in [-0.05, 0) is 25.7 Å². The Kier molecular flexibility index (Phi) is 8.04. The highest BCUT2D eigenvalue weighted by Crippen LogP contribution is 2.45. The lowest BCUT2D eigenvalue weighted by Gasteiger charge is -2.33. The van der Waals surface area contributed by atoms with Gasteiger partial charge in [-0.2, -0.15) is 0 Å². The summed E-state index contributed by atoms with van der Waals surface area (Å²) in [5, 5.41) is 12.8. The van der Waals surface area contributed by atoms with E-state index in [0.29, 0.717) is 13.0 Å². The maximum absolute atomic E-state index is 13.4. The van der Waals surface area contributed by atoms with Crippen molar-refractivity contribution in [2.45, 2.75) is 59.0 Å². The highest BCUT2D eigenvalue weighted by molar-refractivity contribution is 5.96. The number of nitrogens with one attached hydrogen (secondary N) is 1. The standard InChI is InChI=1S/C21H34N2O5/c1-5-8-11-22-19(25)18-15-10-9-13(4)16(21(27)28-7-3)17(15)20(26)23(18)14(6-2)12-24/h9-10,13-18,24H,5-8,11-12H2,1-4H3,(H,22,25)/t13-,14+,15+,16-,17+,18+/m1/s1. The number of amides is 2. The largest absolute Gasteiger partial charge is 0.466 e. The Hall–Kier alpha value is -1.89. The molecule has 0 spiro atoms. The lowest BCUT2D eigenvalue weighted by atomic mass is 9.70. The third-order valence-electron chi connectivity index (χ3n) is 5.94. The number of aliphatic hydroxyl groups excluding tert-OH is 1. The molecule has 2 amide bonds. The zero-order valence-corrected chi connectivity index (χ0v) is 17.4. The van der Waals surface area contributed by atoms with Crippen LogP contribution in [0.3, 0.4) is 0 Å². The molecule has 0 aromatic heterocycles. The van der Waals surface area contributed by atoms with Crippen LogP contribution in [0.15, 0.2) is 12.2 Å². The van der Waals surface area contributed by atoms with E-state index in [2.05, 4.69) is 5.32 Å². The van der Waals surface area contributed by atoms with E-state index in [1.807, 2.05) is 32.9 Å². The number of hydrogen-bond donors (Lipinski definition) is 2. The fourth-order valence-corrected chi connectivity index (χ4v) is 4.44. The van der Waals surface area contributed by atoms with E-state index in [-0.39, 0.29) is 30.9 Å². The van der Waals surface area contributed by atoms with Crippen LogP contribution >= 0.6 is 0 Å². The van der Waals surface area contributed by atoms with Gasteiger partial charge in [0.15, 0.2) is 0 Å². The average Bonchev–Trinajstić information content (AvgIpc) is 2.96. The summed E-state index contributed by atoms with van der Waals surface area (Å²) < 4.78 is 5.24. The fraction of sp³-hybridized carbons (Fsp3) is 0.762. The van der Waals surface area contributed by atoms with Crippen molar-refractivity contribution in [3.8, 4) is 0 Å². The van der Waals surface area contributed by atoms with Crippen LogP contribution in [0.2, 0.25) is 0 Å². The highest BCUT2D eigenvalue weighted by Gasteiger charge is 2.58. The number of hydrogen-bond acceptors (Lipinski definition) is 5. The molecule has 1 heterocycles. The van der Waals surface area contributed by atoms with Crippen molar-refractivity contribution in [3.63, 3.8) is 0 Å². The number of likely N-dealkylation sites (tertiary alicyclic amines) is 1. The SMILES string of the molecule is CCCCNC(=O)[C@@H]1[C@H]2C=C[C@@H](C)[C@@H](C(=O)OCC)[C@H]2C(=O)N1[C@@H](CC)CO. The Morgan fingerprint density at radius 2 is 2.00 bits per heavy atom. The van der Waals surface area contributed by atoms with Crippen LogP contribution < -0.4 is 5.32 Å². The van der Waals surface area contributed by atoms with E-state index >= 15 is 0 Å². The number of fused-ring (bicyclic) bond motifs is 1. The van der Waals surface area contributed by atoms with Gasteiger partial charge < -0.3 is 20.1 Å². The zero-order valence-electron chi connectivity index (χ0n) is 17.4. The molecule has 0 aromatic rings. The molecular weight excluding hydrogens is 360 g/mol. The second-order valence-electron chi connectivity index (χ2n) is 7.70. The third kappa shape index (κ3) is 4.24. The van der Waals surface area contributed by atoms with Crippen molar-refractivity contribution in [1.29, 1.82) is 0 Å². The minimum Gasteiger partial charge on any atom is -0.466 e. The molecule has 1 aliphatic carbocycles. The van der Waals surface area contributed by atoms with Gasteiger partial charge in [-0.3, -0.25) is 14.4 Å². The molecule has 1 fully saturated rings. The van der Waals surface area contributed by atoms with Gasteiger partial charge in [-0.15, -0.1) is 0 Å². The number of ether oxygens (including phenoxy) is 1. The van der Waals surface area contributed by atoms with Crippen molar-refractivity contribution < 1.29 is 24.2 Å². The summed E-state index contributed by atoms with van der Waals surface area (Å²) in [6.45, 7) is 8.13. The molecule has 2 N–H and O–H groups in total. The van der Waals surface area contributed by atoms with Gasteiger partial charge in [0.25, 0.3) is 0 Å². The fourth-order valence-electron chi connectivity index (χ4n) is 4.44. The summed E-state index contributed by atoms with van der Waals surface area (Å²) in [4.78, 5) is 40.6. The average molecular weight is 395 g/mol. The van der Waals surface area contributed by atoms with Gasteiger partial charge in [-0.25, -0.2) is 0 Å². The second kappa shape index (κ2) is 10.0. The van der Waals surface area contributed by atoms with E-state index in [1.54, 1.807) is 6.92 Å². The van der Waals surface area contributed by atoms with Crippen molar-refractivity contribution in [2.24, 2.45) is 23.7 Å². The highest BCUT2D eigenvalue weighted by atomic mass is 16.5. The molecule has 1 aliphatic heterocycles. The van der Waals surface area contributed by atoms with Gasteiger partial charge in [-0.1, -0.05) is 39.3 Å². The number of nitrogens with zero attached hydrogens (tertiary/aromatic N) is 1. The van der Waals surface area contributed by atoms with Gasteiger partial charge in [0.05, 0.1) is 31.1 Å². The van der Waals surface area contributed by atoms with Crippen molar-refractivity contribution in [3.05, 3.63) is 12.2 Å². The first-order valence-corrected chi connectivity index (χ1v) is 10.5. The third-order valence-corrected chi connectivity index (χ3v) is 5.94. The lowest BCUT2D eigenvalue weighted by Crippen LogP contribution is -2.52. The Morgan fingerprint density at radius 1 is 1.29 bits per heavy atom. The second-order valence-corrected chi connectivity index (χ2v) is 7.70. The Morgan fingerprint density at radius 3 is 2.57 bits per heavy atom. The van der Waals surface area contributed by atoms with Crippen LogP contribution in [0.4, 0.5) is 0 Å². The smallest absolute Gasteiger partial charge is 0.310 e.